The van der Waals surface area contributed by atoms with E-state index in [0.717, 1.165) is 5.56 Å². The molecule has 2 aromatic carbocycles. The van der Waals surface area contributed by atoms with Crippen LogP contribution in [0.5, 0.6) is 17.4 Å². The molecule has 1 amide bonds. The second kappa shape index (κ2) is 14.9. The number of carbonyl (C=O) groups excluding carboxylic acids is 1. The Morgan fingerprint density at radius 1 is 0.898 bits per heavy atom. The zero-order chi connectivity index (χ0) is 34.4. The molecular weight excluding hydrogens is 648 g/mol. The minimum Gasteiger partial charge on any atom is -0.494 e. The van der Waals surface area contributed by atoms with E-state index in [2.05, 4.69) is 9.97 Å². The molecule has 5 aromatic rings. The molecule has 0 atom stereocenters. The Hall–Kier alpha value is -5.24. The Bertz CT molecular complexity index is 2010. The minimum atomic E-state index is -3.59. The van der Waals surface area contributed by atoms with Gasteiger partial charge in [0.1, 0.15) is 29.5 Å². The third-order valence-electron chi connectivity index (χ3n) is 8.23. The van der Waals surface area contributed by atoms with Gasteiger partial charge in [-0.05, 0) is 49.4 Å². The van der Waals surface area contributed by atoms with Crippen molar-refractivity contribution in [1.29, 1.82) is 0 Å². The van der Waals surface area contributed by atoms with Crippen LogP contribution in [0.25, 0.3) is 28.5 Å². The number of carbonyl (C=O) groups is 1. The van der Waals surface area contributed by atoms with Crippen molar-refractivity contribution in [2.75, 3.05) is 39.7 Å². The van der Waals surface area contributed by atoms with Gasteiger partial charge in [0.25, 0.3) is 0 Å². The molecule has 1 aliphatic heterocycles. The topological polar surface area (TPSA) is 148 Å². The van der Waals surface area contributed by atoms with Crippen LogP contribution in [0.1, 0.15) is 31.0 Å². The van der Waals surface area contributed by atoms with Crippen LogP contribution >= 0.6 is 0 Å². The lowest BCUT2D eigenvalue weighted by atomic mass is 9.99. The zero-order valence-corrected chi connectivity index (χ0v) is 28.4. The van der Waals surface area contributed by atoms with Crippen molar-refractivity contribution >= 4 is 27.2 Å². The lowest BCUT2D eigenvalue weighted by Gasteiger charge is -2.31. The van der Waals surface area contributed by atoms with Crippen LogP contribution in [0.2, 0.25) is 0 Å². The maximum Gasteiger partial charge on any atom is 0.410 e. The van der Waals surface area contributed by atoms with E-state index in [1.165, 1.54) is 6.20 Å². The number of likely N-dealkylation sites (tertiary alicyclic amines) is 1. The first-order chi connectivity index (χ1) is 23.8. The molecule has 49 heavy (non-hydrogen) atoms. The highest BCUT2D eigenvalue weighted by Gasteiger charge is 2.29. The Labute approximate surface area is 284 Å². The molecule has 13 nitrogen and oxygen atoms in total. The van der Waals surface area contributed by atoms with Crippen molar-refractivity contribution in [3.63, 3.8) is 0 Å². The molecule has 0 spiro atoms. The number of amides is 1. The number of rotatable bonds is 12. The van der Waals surface area contributed by atoms with E-state index in [9.17, 15) is 13.2 Å². The van der Waals surface area contributed by atoms with Gasteiger partial charge in [-0.2, -0.15) is 0 Å². The van der Waals surface area contributed by atoms with Crippen molar-refractivity contribution in [2.24, 2.45) is 5.92 Å². The summed E-state index contributed by atoms with van der Waals surface area (Å²) in [7, 11) is -0.496. The van der Waals surface area contributed by atoms with Crippen LogP contribution in [0.3, 0.4) is 0 Å². The number of hydrogen-bond acceptors (Lipinski definition) is 11. The fraction of sp³-hybridized carbons (Fsp3) is 0.343. The number of piperidine rings is 1. The molecule has 4 heterocycles. The SMILES string of the molecule is CCOc1cccc(-c2nc3ncc(CS(=O)(=O)CC4CCN(C(=O)OCc5ccccc5)CC4)nc3n2-c2c(OC)cccc2OC)n1. The van der Waals surface area contributed by atoms with Gasteiger partial charge in [-0.3, -0.25) is 4.57 Å². The van der Waals surface area contributed by atoms with Gasteiger partial charge in [-0.1, -0.05) is 42.5 Å². The zero-order valence-electron chi connectivity index (χ0n) is 27.6. The molecule has 6 rings (SSSR count). The van der Waals surface area contributed by atoms with E-state index in [4.69, 9.17) is 28.9 Å². The summed E-state index contributed by atoms with van der Waals surface area (Å²) in [6, 6.07) is 20.2. The summed E-state index contributed by atoms with van der Waals surface area (Å²) >= 11 is 0. The Kier molecular flexibility index (Phi) is 10.2. The van der Waals surface area contributed by atoms with E-state index in [0.29, 0.717) is 78.4 Å². The number of nitrogens with zero attached hydrogens (tertiary/aromatic N) is 6. The number of benzene rings is 2. The smallest absolute Gasteiger partial charge is 0.410 e. The van der Waals surface area contributed by atoms with Gasteiger partial charge in [0.05, 0.1) is 44.2 Å². The summed E-state index contributed by atoms with van der Waals surface area (Å²) < 4.78 is 51.2. The van der Waals surface area contributed by atoms with Crippen LogP contribution in [-0.4, -0.2) is 83.6 Å². The molecule has 1 fully saturated rings. The standard InChI is InChI=1S/C35H38N6O7S/c1-4-47-30-15-8-12-27(38-30)33-39-32-34(41(33)31-28(45-2)13-9-14-29(31)46-3)37-26(20-36-32)23-49(43,44)22-25-16-18-40(19-17-25)35(42)48-21-24-10-6-5-7-11-24/h5-15,20,25H,4,16-19,21-23H2,1-3H3. The molecule has 3 aromatic heterocycles. The fourth-order valence-corrected chi connectivity index (χ4v) is 7.66. The van der Waals surface area contributed by atoms with E-state index in [-0.39, 0.29) is 29.7 Å². The molecule has 0 unspecified atom stereocenters. The second-order valence-electron chi connectivity index (χ2n) is 11.6. The predicted molar refractivity (Wildman–Crippen MR) is 183 cm³/mol. The van der Waals surface area contributed by atoms with Crippen molar-refractivity contribution in [1.82, 2.24) is 29.4 Å². The van der Waals surface area contributed by atoms with E-state index >= 15 is 0 Å². The number of imidazole rings is 1. The van der Waals surface area contributed by atoms with Crippen LogP contribution in [0, 0.1) is 5.92 Å². The Morgan fingerprint density at radius 2 is 1.61 bits per heavy atom. The van der Waals surface area contributed by atoms with Crippen molar-refractivity contribution < 1.29 is 32.2 Å². The maximum atomic E-state index is 13.5. The predicted octanol–water partition coefficient (Wildman–Crippen LogP) is 5.26. The number of sulfone groups is 1. The van der Waals surface area contributed by atoms with Crippen molar-refractivity contribution in [3.8, 4) is 34.6 Å². The highest BCUT2D eigenvalue weighted by molar-refractivity contribution is 7.90. The number of hydrogen-bond donors (Lipinski definition) is 0. The molecule has 0 radical (unpaired) electrons. The van der Waals surface area contributed by atoms with Crippen molar-refractivity contribution in [3.05, 3.63) is 84.2 Å². The average Bonchev–Trinajstić information content (AvgIpc) is 3.49. The van der Waals surface area contributed by atoms with Crippen LogP contribution in [0.4, 0.5) is 4.79 Å². The molecule has 0 bridgehead atoms. The monoisotopic (exact) mass is 686 g/mol. The molecule has 1 aliphatic rings. The summed E-state index contributed by atoms with van der Waals surface area (Å²) in [4.78, 5) is 32.9. The summed E-state index contributed by atoms with van der Waals surface area (Å²) in [5, 5.41) is 0. The van der Waals surface area contributed by atoms with Gasteiger partial charge in [-0.15, -0.1) is 0 Å². The molecule has 0 N–H and O–H groups in total. The van der Waals surface area contributed by atoms with Crippen LogP contribution < -0.4 is 14.2 Å². The van der Waals surface area contributed by atoms with E-state index < -0.39 is 15.9 Å². The molecule has 1 saturated heterocycles. The molecule has 14 heteroatoms. The number of fused-ring (bicyclic) bond motifs is 1. The average molecular weight is 687 g/mol. The number of aromatic nitrogens is 5. The van der Waals surface area contributed by atoms with Crippen molar-refractivity contribution in [2.45, 2.75) is 32.1 Å². The van der Waals surface area contributed by atoms with Gasteiger partial charge in [0.2, 0.25) is 5.88 Å². The normalized spacial score (nSPS) is 13.7. The number of methoxy groups -OCH3 is 2. The van der Waals surface area contributed by atoms with Gasteiger partial charge >= 0.3 is 6.09 Å². The highest BCUT2D eigenvalue weighted by atomic mass is 32.2. The summed E-state index contributed by atoms with van der Waals surface area (Å²) in [5.41, 5.74) is 2.79. The van der Waals surface area contributed by atoms with Gasteiger partial charge in [0.15, 0.2) is 27.0 Å². The highest BCUT2D eigenvalue weighted by Crippen LogP contribution is 2.38. The van der Waals surface area contributed by atoms with Gasteiger partial charge in [-0.25, -0.2) is 33.1 Å². The first-order valence-corrected chi connectivity index (χ1v) is 17.8. The number of para-hydroxylation sites is 1. The van der Waals surface area contributed by atoms with Gasteiger partial charge in [0, 0.05) is 19.2 Å². The minimum absolute atomic E-state index is 0.0292. The van der Waals surface area contributed by atoms with E-state index in [1.807, 2.05) is 43.3 Å². The third kappa shape index (κ3) is 7.75. The Morgan fingerprint density at radius 3 is 2.31 bits per heavy atom. The van der Waals surface area contributed by atoms with Crippen LogP contribution in [-0.2, 0) is 26.9 Å². The first-order valence-electron chi connectivity index (χ1n) is 16.0. The summed E-state index contributed by atoms with van der Waals surface area (Å²) in [6.07, 6.45) is 2.16. The van der Waals surface area contributed by atoms with Gasteiger partial charge < -0.3 is 23.8 Å². The fourth-order valence-electron chi connectivity index (χ4n) is 5.90. The lowest BCUT2D eigenvalue weighted by molar-refractivity contribution is 0.0839. The maximum absolute atomic E-state index is 13.5. The molecular formula is C35H38N6O7S. The second-order valence-corrected chi connectivity index (χ2v) is 13.7. The largest absolute Gasteiger partial charge is 0.494 e. The number of pyridine rings is 1. The summed E-state index contributed by atoms with van der Waals surface area (Å²) in [5.74, 6) is 1.35. The molecule has 0 aliphatic carbocycles. The summed E-state index contributed by atoms with van der Waals surface area (Å²) in [6.45, 7) is 3.37. The lowest BCUT2D eigenvalue weighted by Crippen LogP contribution is -2.40. The Balaban J connectivity index is 1.23. The van der Waals surface area contributed by atoms with E-state index in [1.54, 1.807) is 54.0 Å². The number of ether oxygens (including phenoxy) is 4. The molecule has 256 valence electrons. The van der Waals surface area contributed by atoms with Crippen LogP contribution in [0.15, 0.2) is 72.9 Å². The quantitative estimate of drug-likeness (QED) is 0.169. The first kappa shape index (κ1) is 33.7. The molecule has 0 saturated carbocycles. The third-order valence-corrected chi connectivity index (χ3v) is 9.94.